The summed E-state index contributed by atoms with van der Waals surface area (Å²) >= 11 is 0. The number of rotatable bonds is 5. The van der Waals surface area contributed by atoms with Gasteiger partial charge in [0.25, 0.3) is 5.56 Å². The van der Waals surface area contributed by atoms with Crippen LogP contribution in [-0.4, -0.2) is 71.6 Å². The van der Waals surface area contributed by atoms with Crippen molar-refractivity contribution >= 4 is 17.5 Å². The molecule has 0 saturated carbocycles. The van der Waals surface area contributed by atoms with E-state index in [4.69, 9.17) is 4.84 Å². The number of halogens is 6. The summed E-state index contributed by atoms with van der Waals surface area (Å²) < 4.78 is 84.1. The van der Waals surface area contributed by atoms with Gasteiger partial charge >= 0.3 is 24.2 Å². The van der Waals surface area contributed by atoms with Gasteiger partial charge in [0.05, 0.1) is 12.2 Å². The Morgan fingerprint density at radius 1 is 1.12 bits per heavy atom. The van der Waals surface area contributed by atoms with E-state index in [-0.39, 0.29) is 31.0 Å². The summed E-state index contributed by atoms with van der Waals surface area (Å²) in [6, 6.07) is 4.03. The van der Waals surface area contributed by atoms with Crippen molar-refractivity contribution in [1.29, 1.82) is 0 Å². The summed E-state index contributed by atoms with van der Waals surface area (Å²) in [5.74, 6) is 1.35. The summed E-state index contributed by atoms with van der Waals surface area (Å²) in [6.45, 7) is 2.50. The van der Waals surface area contributed by atoms with Crippen LogP contribution >= 0.6 is 0 Å². The Kier molecular flexibility index (Phi) is 7.76. The Balaban J connectivity index is 2.02. The predicted octanol–water partition coefficient (Wildman–Crippen LogP) is 1.29. The first-order chi connectivity index (χ1) is 18.7. The van der Waals surface area contributed by atoms with E-state index in [1.54, 1.807) is 4.90 Å². The van der Waals surface area contributed by atoms with Crippen LogP contribution in [0, 0.1) is 11.8 Å². The lowest BCUT2D eigenvalue weighted by Crippen LogP contribution is -2.61. The molecule has 1 fully saturated rings. The minimum Gasteiger partial charge on any atom is -0.406 e. The van der Waals surface area contributed by atoms with Gasteiger partial charge in [0.15, 0.2) is 17.8 Å². The van der Waals surface area contributed by atoms with Gasteiger partial charge in [0.2, 0.25) is 0 Å². The molecule has 1 aromatic carbocycles. The number of fused-ring (bicyclic) bond motifs is 1. The quantitative estimate of drug-likeness (QED) is 0.417. The average Bonchev–Trinajstić information content (AvgIpc) is 3.18. The number of nitrogens with zero attached hydrogens (tertiary/aromatic N) is 5. The van der Waals surface area contributed by atoms with Gasteiger partial charge in [-0.3, -0.25) is 14.3 Å². The SMILES string of the molecule is CC#CCN1c2c(n(-c3cccc(OC(F)(F)F)c3)c(=O)n(C)c2=O)N(OC(=O)C(F)(F)F)C1N1CCNCC1. The fourth-order valence-corrected chi connectivity index (χ4v) is 4.36. The minimum absolute atomic E-state index is 0.230. The fraction of sp³-hybridized carbons (Fsp3) is 0.435. The number of nitrogens with one attached hydrogen (secondary N) is 1. The van der Waals surface area contributed by atoms with Gasteiger partial charge in [-0.05, 0) is 19.1 Å². The number of hydrogen-bond acceptors (Lipinski definition) is 9. The molecule has 1 N–H and O–H groups in total. The number of anilines is 2. The van der Waals surface area contributed by atoms with Crippen molar-refractivity contribution in [3.8, 4) is 23.3 Å². The second-order valence-corrected chi connectivity index (χ2v) is 8.59. The zero-order chi connectivity index (χ0) is 29.4. The maximum Gasteiger partial charge on any atom is 0.573 e. The van der Waals surface area contributed by atoms with E-state index in [0.29, 0.717) is 27.3 Å². The number of alkyl halides is 6. The van der Waals surface area contributed by atoms with E-state index in [1.807, 2.05) is 0 Å². The number of hydrogen-bond donors (Lipinski definition) is 1. The van der Waals surface area contributed by atoms with Crippen LogP contribution in [-0.2, 0) is 16.7 Å². The Labute approximate surface area is 222 Å². The number of carbonyl (C=O) groups excluding carboxylic acids is 1. The average molecular weight is 576 g/mol. The smallest absolute Gasteiger partial charge is 0.406 e. The highest BCUT2D eigenvalue weighted by Gasteiger charge is 2.51. The van der Waals surface area contributed by atoms with Gasteiger partial charge < -0.3 is 19.8 Å². The van der Waals surface area contributed by atoms with Crippen LogP contribution < -0.4 is 31.3 Å². The molecule has 2 aliphatic rings. The molecule has 40 heavy (non-hydrogen) atoms. The number of aromatic nitrogens is 2. The van der Waals surface area contributed by atoms with E-state index < -0.39 is 47.6 Å². The third kappa shape index (κ3) is 5.58. The van der Waals surface area contributed by atoms with E-state index in [1.165, 1.54) is 17.9 Å². The molecule has 1 aromatic heterocycles. The molecule has 17 heteroatoms. The molecular formula is C23H22F6N6O5. The molecule has 0 radical (unpaired) electrons. The van der Waals surface area contributed by atoms with E-state index in [2.05, 4.69) is 21.9 Å². The number of ether oxygens (including phenoxy) is 1. The second kappa shape index (κ2) is 10.8. The molecule has 1 saturated heterocycles. The molecule has 1 atom stereocenters. The summed E-state index contributed by atoms with van der Waals surface area (Å²) in [5, 5.41) is 3.55. The molecule has 0 spiro atoms. The van der Waals surface area contributed by atoms with E-state index in [0.717, 1.165) is 25.2 Å². The van der Waals surface area contributed by atoms with Crippen molar-refractivity contribution in [3.63, 3.8) is 0 Å². The third-order valence-corrected chi connectivity index (χ3v) is 6.02. The van der Waals surface area contributed by atoms with Crippen molar-refractivity contribution in [2.45, 2.75) is 25.8 Å². The lowest BCUT2D eigenvalue weighted by molar-refractivity contribution is -0.274. The zero-order valence-corrected chi connectivity index (χ0v) is 21.0. The molecule has 0 aliphatic carbocycles. The van der Waals surface area contributed by atoms with Crippen LogP contribution in [0.15, 0.2) is 33.9 Å². The lowest BCUT2D eigenvalue weighted by Gasteiger charge is -2.40. The second-order valence-electron chi connectivity index (χ2n) is 8.59. The van der Waals surface area contributed by atoms with Crippen molar-refractivity contribution in [2.75, 3.05) is 42.7 Å². The summed E-state index contributed by atoms with van der Waals surface area (Å²) in [6.07, 6.45) is -11.9. The van der Waals surface area contributed by atoms with Crippen molar-refractivity contribution in [2.24, 2.45) is 7.05 Å². The van der Waals surface area contributed by atoms with Gasteiger partial charge in [0.1, 0.15) is 5.75 Å². The number of benzene rings is 1. The Morgan fingerprint density at radius 2 is 1.80 bits per heavy atom. The van der Waals surface area contributed by atoms with Crippen LogP contribution in [0.5, 0.6) is 5.75 Å². The Bertz CT molecular complexity index is 1470. The molecular weight excluding hydrogens is 554 g/mol. The maximum atomic E-state index is 13.4. The van der Waals surface area contributed by atoms with Crippen LogP contribution in [0.3, 0.4) is 0 Å². The van der Waals surface area contributed by atoms with Gasteiger partial charge in [0, 0.05) is 39.3 Å². The highest BCUT2D eigenvalue weighted by Crippen LogP contribution is 2.40. The Hall–Kier alpha value is -4.17. The summed E-state index contributed by atoms with van der Waals surface area (Å²) in [7, 11) is 1.09. The number of carbonyl (C=O) groups is 1. The predicted molar refractivity (Wildman–Crippen MR) is 128 cm³/mol. The van der Waals surface area contributed by atoms with Crippen molar-refractivity contribution < 1.29 is 40.7 Å². The normalized spacial score (nSPS) is 17.8. The van der Waals surface area contributed by atoms with Crippen LogP contribution in [0.2, 0.25) is 0 Å². The topological polar surface area (TPSA) is 101 Å². The van der Waals surface area contributed by atoms with Crippen LogP contribution in [0.25, 0.3) is 5.69 Å². The summed E-state index contributed by atoms with van der Waals surface area (Å²) in [4.78, 5) is 46.6. The first kappa shape index (κ1) is 28.8. The standard InChI is InChI=1S/C23H22F6N6O5/c1-3-4-10-33-16-17(35(40-19(37)22(24,25)26)20(33)32-11-8-30-9-12-32)34(21(38)31(2)18(16)36)14-6-5-7-15(13-14)39-23(27,28)29/h5-7,13,20,30H,8-12H2,1-2H3. The molecule has 2 aliphatic heterocycles. The Morgan fingerprint density at radius 3 is 2.40 bits per heavy atom. The summed E-state index contributed by atoms with van der Waals surface area (Å²) in [5.41, 5.74) is -2.76. The molecule has 216 valence electrons. The van der Waals surface area contributed by atoms with Gasteiger partial charge in [-0.15, -0.1) is 24.2 Å². The van der Waals surface area contributed by atoms with Gasteiger partial charge in [-0.25, -0.2) is 14.2 Å². The molecule has 4 rings (SSSR count). The van der Waals surface area contributed by atoms with Gasteiger partial charge in [-0.2, -0.15) is 13.2 Å². The van der Waals surface area contributed by atoms with Crippen molar-refractivity contribution in [1.82, 2.24) is 19.4 Å². The molecule has 2 aromatic rings. The molecule has 11 nitrogen and oxygen atoms in total. The molecule has 0 amide bonds. The van der Waals surface area contributed by atoms with Gasteiger partial charge in [-0.1, -0.05) is 12.0 Å². The number of hydroxylamine groups is 1. The molecule has 3 heterocycles. The minimum atomic E-state index is -5.46. The van der Waals surface area contributed by atoms with E-state index >= 15 is 0 Å². The van der Waals surface area contributed by atoms with E-state index in [9.17, 15) is 40.7 Å². The monoisotopic (exact) mass is 576 g/mol. The number of piperazine rings is 1. The van der Waals surface area contributed by atoms with Crippen molar-refractivity contribution in [3.05, 3.63) is 45.1 Å². The van der Waals surface area contributed by atoms with Crippen LogP contribution in [0.1, 0.15) is 6.92 Å². The maximum absolute atomic E-state index is 13.4. The zero-order valence-electron chi connectivity index (χ0n) is 21.0. The van der Waals surface area contributed by atoms with Crippen LogP contribution in [0.4, 0.5) is 37.8 Å². The lowest BCUT2D eigenvalue weighted by atomic mass is 10.3. The highest BCUT2D eigenvalue weighted by molar-refractivity contribution is 5.80. The largest absolute Gasteiger partial charge is 0.573 e. The third-order valence-electron chi connectivity index (χ3n) is 6.02. The first-order valence-electron chi connectivity index (χ1n) is 11.7. The highest BCUT2D eigenvalue weighted by atomic mass is 19.4. The molecule has 1 unspecified atom stereocenters. The fourth-order valence-electron chi connectivity index (χ4n) is 4.36. The first-order valence-corrected chi connectivity index (χ1v) is 11.7. The molecule has 0 bridgehead atoms.